The van der Waals surface area contributed by atoms with Gasteiger partial charge >= 0.3 is 6.03 Å². The smallest absolute Gasteiger partial charge is 0.325 e. The zero-order valence-corrected chi connectivity index (χ0v) is 17.1. The van der Waals surface area contributed by atoms with Crippen molar-refractivity contribution in [3.05, 3.63) is 71.8 Å². The topological polar surface area (TPSA) is 47.0 Å². The molecule has 0 aliphatic carbocycles. The second kappa shape index (κ2) is 8.72. The van der Waals surface area contributed by atoms with Crippen LogP contribution in [0.5, 0.6) is 0 Å². The highest BCUT2D eigenvalue weighted by Crippen LogP contribution is 2.32. The van der Waals surface area contributed by atoms with E-state index < -0.39 is 42.5 Å². The second-order valence-electron chi connectivity index (χ2n) is 7.99. The molecule has 2 aliphatic heterocycles. The maximum absolute atomic E-state index is 14.8. The lowest BCUT2D eigenvalue weighted by Crippen LogP contribution is -2.54. The van der Waals surface area contributed by atoms with Crippen LogP contribution in [0, 0.1) is 11.6 Å². The first-order valence-electron chi connectivity index (χ1n) is 10.1. The molecule has 2 aliphatic rings. The molecule has 164 valence electrons. The van der Waals surface area contributed by atoms with Crippen LogP contribution >= 0.6 is 0 Å². The summed E-state index contributed by atoms with van der Waals surface area (Å²) in [7, 11) is 1.79. The number of urea groups is 1. The predicted octanol–water partition coefficient (Wildman–Crippen LogP) is 3.30. The summed E-state index contributed by atoms with van der Waals surface area (Å²) in [4.78, 5) is 18.2. The first-order chi connectivity index (χ1) is 14.9. The Morgan fingerprint density at radius 2 is 1.90 bits per heavy atom. The molecular formula is C23H24F3N3O2. The number of likely N-dealkylation sites (tertiary alicyclic amines) is 1. The van der Waals surface area contributed by atoms with Crippen molar-refractivity contribution in [3.63, 3.8) is 0 Å². The lowest BCUT2D eigenvalue weighted by Gasteiger charge is -2.35. The number of carbonyl (C=O) groups excluding carboxylic acids is 1. The van der Waals surface area contributed by atoms with Crippen molar-refractivity contribution in [2.45, 2.75) is 18.3 Å². The van der Waals surface area contributed by atoms with Crippen molar-refractivity contribution in [1.29, 1.82) is 0 Å². The van der Waals surface area contributed by atoms with Crippen molar-refractivity contribution in [1.82, 2.24) is 9.80 Å². The third-order valence-electron chi connectivity index (χ3n) is 5.82. The fraction of sp³-hybridized carbons (Fsp3) is 0.348. The van der Waals surface area contributed by atoms with Crippen LogP contribution in [0.15, 0.2) is 54.6 Å². The summed E-state index contributed by atoms with van der Waals surface area (Å²) in [5.41, 5.74) is 0.985. The molecule has 2 aromatic rings. The Kier molecular flexibility index (Phi) is 6.02. The van der Waals surface area contributed by atoms with Crippen molar-refractivity contribution in [3.8, 4) is 0 Å². The lowest BCUT2D eigenvalue weighted by molar-refractivity contribution is 0.168. The zero-order valence-electron chi connectivity index (χ0n) is 17.1. The number of likely N-dealkylation sites (N-methyl/N-ethyl adjacent to an activating group) is 1. The summed E-state index contributed by atoms with van der Waals surface area (Å²) in [5.74, 6) is -1.21. The van der Waals surface area contributed by atoms with Gasteiger partial charge in [0.2, 0.25) is 0 Å². The molecule has 5 nitrogen and oxygen atoms in total. The third kappa shape index (κ3) is 4.18. The molecule has 0 aromatic heterocycles. The number of aliphatic hydroxyl groups excluding tert-OH is 1. The SMILES string of the molecule is CN1C[C@@H](F)[C@H](N(C(=O)N2CC(c3cc(F)ccc3F)=C[C@H]2CO)c2ccccc2)C1. The Morgan fingerprint density at radius 3 is 2.55 bits per heavy atom. The van der Waals surface area contributed by atoms with Crippen LogP contribution in [-0.2, 0) is 0 Å². The largest absolute Gasteiger partial charge is 0.394 e. The van der Waals surface area contributed by atoms with Gasteiger partial charge in [-0.15, -0.1) is 0 Å². The van der Waals surface area contributed by atoms with E-state index in [2.05, 4.69) is 0 Å². The van der Waals surface area contributed by atoms with Crippen molar-refractivity contribution in [2.75, 3.05) is 38.2 Å². The summed E-state index contributed by atoms with van der Waals surface area (Å²) in [6.45, 7) is 0.159. The number of para-hydroxylation sites is 1. The molecule has 3 atom stereocenters. The van der Waals surface area contributed by atoms with Crippen LogP contribution in [0.4, 0.5) is 23.7 Å². The molecule has 0 bridgehead atoms. The van der Waals surface area contributed by atoms with Crippen molar-refractivity contribution >= 4 is 17.3 Å². The lowest BCUT2D eigenvalue weighted by atomic mass is 10.1. The minimum absolute atomic E-state index is 0.0206. The van der Waals surface area contributed by atoms with Crippen LogP contribution in [0.1, 0.15) is 5.56 Å². The monoisotopic (exact) mass is 431 g/mol. The molecule has 1 fully saturated rings. The fourth-order valence-electron chi connectivity index (χ4n) is 4.30. The standard InChI is InChI=1S/C23H24F3N3O2/c1-27-12-21(26)22(13-27)29(17-5-3-2-4-6-17)23(31)28-11-15(9-18(28)14-30)19-10-16(24)7-8-20(19)25/h2-10,18,21-22,30H,11-14H2,1H3/t18-,21+,22+/m0/s1. The van der Waals surface area contributed by atoms with Crippen LogP contribution in [0.3, 0.4) is 0 Å². The van der Waals surface area contributed by atoms with E-state index in [1.165, 1.54) is 9.80 Å². The first-order valence-corrected chi connectivity index (χ1v) is 10.1. The van der Waals surface area contributed by atoms with Gasteiger partial charge in [-0.25, -0.2) is 18.0 Å². The van der Waals surface area contributed by atoms with E-state index in [0.717, 1.165) is 18.2 Å². The van der Waals surface area contributed by atoms with Crippen LogP contribution in [0.2, 0.25) is 0 Å². The molecule has 4 rings (SSSR count). The number of nitrogens with zero attached hydrogens (tertiary/aromatic N) is 3. The van der Waals surface area contributed by atoms with Gasteiger partial charge in [-0.05, 0) is 43.0 Å². The average Bonchev–Trinajstić information content (AvgIpc) is 3.33. The minimum Gasteiger partial charge on any atom is -0.394 e. The molecule has 1 N–H and O–H groups in total. The number of anilines is 1. The van der Waals surface area contributed by atoms with Gasteiger partial charge in [-0.1, -0.05) is 24.3 Å². The highest BCUT2D eigenvalue weighted by atomic mass is 19.1. The molecule has 0 unspecified atom stereocenters. The Morgan fingerprint density at radius 1 is 1.16 bits per heavy atom. The highest BCUT2D eigenvalue weighted by Gasteiger charge is 2.42. The summed E-state index contributed by atoms with van der Waals surface area (Å²) in [6, 6.07) is 10.0. The number of halogens is 3. The molecule has 0 radical (unpaired) electrons. The quantitative estimate of drug-likeness (QED) is 0.808. The van der Waals surface area contributed by atoms with Gasteiger partial charge in [0.25, 0.3) is 0 Å². The number of amides is 2. The highest BCUT2D eigenvalue weighted by molar-refractivity contribution is 5.95. The maximum Gasteiger partial charge on any atom is 0.325 e. The number of rotatable bonds is 4. The van der Waals surface area contributed by atoms with E-state index in [0.29, 0.717) is 17.8 Å². The van der Waals surface area contributed by atoms with E-state index >= 15 is 0 Å². The Labute approximate surface area is 179 Å². The van der Waals surface area contributed by atoms with E-state index in [1.54, 1.807) is 43.5 Å². The zero-order chi connectivity index (χ0) is 22.1. The Balaban J connectivity index is 1.66. The molecule has 1 saturated heterocycles. The van der Waals surface area contributed by atoms with Crippen molar-refractivity contribution in [2.24, 2.45) is 0 Å². The van der Waals surface area contributed by atoms with Crippen molar-refractivity contribution < 1.29 is 23.1 Å². The number of benzene rings is 2. The molecule has 8 heteroatoms. The van der Waals surface area contributed by atoms with Gasteiger partial charge in [0, 0.05) is 30.9 Å². The molecule has 2 heterocycles. The second-order valence-corrected chi connectivity index (χ2v) is 7.99. The first kappa shape index (κ1) is 21.4. The predicted molar refractivity (Wildman–Crippen MR) is 112 cm³/mol. The minimum atomic E-state index is -1.24. The van der Waals surface area contributed by atoms with Crippen LogP contribution in [-0.4, -0.2) is 72.5 Å². The average molecular weight is 431 g/mol. The molecular weight excluding hydrogens is 407 g/mol. The van der Waals surface area contributed by atoms with E-state index in [-0.39, 0.29) is 18.7 Å². The molecule has 31 heavy (non-hydrogen) atoms. The van der Waals surface area contributed by atoms with Gasteiger partial charge in [-0.3, -0.25) is 4.90 Å². The molecule has 2 aromatic carbocycles. The number of alkyl halides is 1. The van der Waals surface area contributed by atoms with Gasteiger partial charge in [0.15, 0.2) is 0 Å². The van der Waals surface area contributed by atoms with Gasteiger partial charge in [0.1, 0.15) is 17.8 Å². The van der Waals surface area contributed by atoms with Gasteiger partial charge in [-0.2, -0.15) is 0 Å². The number of aliphatic hydroxyl groups is 1. The van der Waals surface area contributed by atoms with Gasteiger partial charge in [0.05, 0.1) is 18.7 Å². The number of hydrogen-bond donors (Lipinski definition) is 1. The van der Waals surface area contributed by atoms with Gasteiger partial charge < -0.3 is 14.9 Å². The number of carbonyl (C=O) groups is 1. The number of hydrogen-bond acceptors (Lipinski definition) is 3. The summed E-state index contributed by atoms with van der Waals surface area (Å²) in [5, 5.41) is 9.88. The molecule has 2 amide bonds. The van der Waals surface area contributed by atoms with Crippen LogP contribution < -0.4 is 4.90 Å². The Hall–Kier alpha value is -2.84. The maximum atomic E-state index is 14.8. The summed E-state index contributed by atoms with van der Waals surface area (Å²) < 4.78 is 42.8. The summed E-state index contributed by atoms with van der Waals surface area (Å²) in [6.07, 6.45) is 0.324. The normalized spacial score (nSPS) is 23.8. The fourth-order valence-corrected chi connectivity index (χ4v) is 4.30. The van der Waals surface area contributed by atoms with Crippen LogP contribution in [0.25, 0.3) is 5.57 Å². The van der Waals surface area contributed by atoms with E-state index in [1.807, 2.05) is 4.90 Å². The molecule has 0 spiro atoms. The van der Waals surface area contributed by atoms with E-state index in [4.69, 9.17) is 0 Å². The third-order valence-corrected chi connectivity index (χ3v) is 5.82. The molecule has 0 saturated carbocycles. The van der Waals surface area contributed by atoms with E-state index in [9.17, 15) is 23.1 Å². The summed E-state index contributed by atoms with van der Waals surface area (Å²) >= 11 is 0. The Bertz CT molecular complexity index is 985.